The first-order valence-corrected chi connectivity index (χ1v) is 6.78. The maximum atomic E-state index is 12.2. The molecule has 0 atom stereocenters. The molecule has 0 aromatic heterocycles. The fraction of sp³-hybridized carbons (Fsp3) is 0.0714. The minimum atomic E-state index is -0.611. The third-order valence-corrected chi connectivity index (χ3v) is 3.22. The Morgan fingerprint density at radius 1 is 1.29 bits per heavy atom. The van der Waals surface area contributed by atoms with Gasteiger partial charge in [-0.3, -0.25) is 14.9 Å². The van der Waals surface area contributed by atoms with E-state index >= 15 is 0 Å². The summed E-state index contributed by atoms with van der Waals surface area (Å²) in [6, 6.07) is 9.26. The fourth-order valence-electron chi connectivity index (χ4n) is 1.90. The van der Waals surface area contributed by atoms with E-state index in [-0.39, 0.29) is 16.9 Å². The lowest BCUT2D eigenvalue weighted by molar-refractivity contribution is -0.385. The lowest BCUT2D eigenvalue weighted by Crippen LogP contribution is -2.14. The lowest BCUT2D eigenvalue weighted by Gasteiger charge is -2.08. The van der Waals surface area contributed by atoms with Crippen LogP contribution in [0.3, 0.4) is 0 Å². The van der Waals surface area contributed by atoms with Gasteiger partial charge in [-0.2, -0.15) is 0 Å². The molecule has 0 saturated carbocycles. The molecule has 7 heteroatoms. The summed E-state index contributed by atoms with van der Waals surface area (Å²) in [5, 5.41) is 13.6. The summed E-state index contributed by atoms with van der Waals surface area (Å²) in [6.07, 6.45) is 0. The predicted octanol–water partition coefficient (Wildman–Crippen LogP) is 3.50. The highest BCUT2D eigenvalue weighted by atomic mass is 79.9. The Morgan fingerprint density at radius 2 is 2.00 bits per heavy atom. The quantitative estimate of drug-likeness (QED) is 0.503. The predicted molar refractivity (Wildman–Crippen MR) is 84.3 cm³/mol. The molecule has 0 aliphatic heterocycles. The van der Waals surface area contributed by atoms with Crippen LogP contribution in [-0.2, 0) is 0 Å². The number of hydrogen-bond donors (Lipinski definition) is 2. The number of amides is 1. The van der Waals surface area contributed by atoms with E-state index in [0.29, 0.717) is 5.69 Å². The summed E-state index contributed by atoms with van der Waals surface area (Å²) >= 11 is 3.33. The minimum absolute atomic E-state index is 0.0716. The van der Waals surface area contributed by atoms with Crippen molar-refractivity contribution in [1.82, 2.24) is 0 Å². The number of anilines is 2. The van der Waals surface area contributed by atoms with Crippen molar-refractivity contribution >= 4 is 38.9 Å². The van der Waals surface area contributed by atoms with Gasteiger partial charge in [0.05, 0.1) is 4.92 Å². The third-order valence-electron chi connectivity index (χ3n) is 2.76. The van der Waals surface area contributed by atoms with E-state index in [9.17, 15) is 14.9 Å². The molecule has 0 radical (unpaired) electrons. The van der Waals surface area contributed by atoms with E-state index in [0.717, 1.165) is 10.0 Å². The number of rotatable bonds is 3. The number of benzene rings is 2. The SMILES string of the molecule is Cc1cc(Br)cc(NC(=O)c2cc(N)ccc2[N+](=O)[O-])c1. The van der Waals surface area contributed by atoms with Gasteiger partial charge >= 0.3 is 0 Å². The van der Waals surface area contributed by atoms with Gasteiger partial charge < -0.3 is 11.1 Å². The largest absolute Gasteiger partial charge is 0.399 e. The third kappa shape index (κ3) is 3.57. The first-order chi connectivity index (χ1) is 9.86. The number of nitro groups is 1. The number of nitrogens with two attached hydrogens (primary N) is 1. The number of nitrogens with zero attached hydrogens (tertiary/aromatic N) is 1. The Balaban J connectivity index is 2.36. The van der Waals surface area contributed by atoms with Crippen LogP contribution in [0.4, 0.5) is 17.1 Å². The molecule has 0 aliphatic rings. The Kier molecular flexibility index (Phi) is 4.23. The van der Waals surface area contributed by atoms with Gasteiger partial charge in [-0.1, -0.05) is 15.9 Å². The Labute approximate surface area is 129 Å². The van der Waals surface area contributed by atoms with Gasteiger partial charge in [-0.25, -0.2) is 0 Å². The van der Waals surface area contributed by atoms with Crippen LogP contribution in [0.25, 0.3) is 0 Å². The standard InChI is InChI=1S/C14H12BrN3O3/c1-8-4-9(15)6-11(5-8)17-14(19)12-7-10(16)2-3-13(12)18(20)21/h2-7H,16H2,1H3,(H,17,19). The van der Waals surface area contributed by atoms with E-state index in [1.807, 2.05) is 13.0 Å². The zero-order valence-electron chi connectivity index (χ0n) is 11.1. The Morgan fingerprint density at radius 3 is 2.62 bits per heavy atom. The number of carbonyl (C=O) groups excluding carboxylic acids is 1. The highest BCUT2D eigenvalue weighted by molar-refractivity contribution is 9.10. The summed E-state index contributed by atoms with van der Waals surface area (Å²) in [6.45, 7) is 1.88. The van der Waals surface area contributed by atoms with Crippen LogP contribution < -0.4 is 11.1 Å². The molecular formula is C14H12BrN3O3. The smallest absolute Gasteiger partial charge is 0.282 e. The van der Waals surface area contributed by atoms with Crippen LogP contribution in [0.2, 0.25) is 0 Å². The van der Waals surface area contributed by atoms with E-state index in [1.165, 1.54) is 18.2 Å². The van der Waals surface area contributed by atoms with Crippen LogP contribution in [0.15, 0.2) is 40.9 Å². The van der Waals surface area contributed by atoms with Crippen molar-refractivity contribution in [3.8, 4) is 0 Å². The first-order valence-electron chi connectivity index (χ1n) is 5.99. The molecule has 0 spiro atoms. The van der Waals surface area contributed by atoms with Crippen molar-refractivity contribution in [1.29, 1.82) is 0 Å². The summed E-state index contributed by atoms with van der Waals surface area (Å²) in [5.74, 6) is -0.577. The highest BCUT2D eigenvalue weighted by Gasteiger charge is 2.20. The van der Waals surface area contributed by atoms with Crippen molar-refractivity contribution in [2.45, 2.75) is 6.92 Å². The second-order valence-electron chi connectivity index (χ2n) is 4.51. The molecule has 0 unspecified atom stereocenters. The number of hydrogen-bond acceptors (Lipinski definition) is 4. The molecule has 0 bridgehead atoms. The van der Waals surface area contributed by atoms with Gasteiger partial charge in [0.15, 0.2) is 0 Å². The minimum Gasteiger partial charge on any atom is -0.399 e. The molecule has 2 aromatic rings. The maximum absolute atomic E-state index is 12.2. The molecule has 6 nitrogen and oxygen atoms in total. The number of nitrogens with one attached hydrogen (secondary N) is 1. The molecule has 1 amide bonds. The number of halogens is 1. The Bertz CT molecular complexity index is 711. The summed E-state index contributed by atoms with van der Waals surface area (Å²) < 4.78 is 0.805. The monoisotopic (exact) mass is 349 g/mol. The van der Waals surface area contributed by atoms with Gasteiger partial charge in [-0.15, -0.1) is 0 Å². The van der Waals surface area contributed by atoms with Gasteiger partial charge in [0, 0.05) is 21.9 Å². The average Bonchev–Trinajstić information content (AvgIpc) is 2.36. The second-order valence-corrected chi connectivity index (χ2v) is 5.42. The van der Waals surface area contributed by atoms with Crippen LogP contribution in [0, 0.1) is 17.0 Å². The fourth-order valence-corrected chi connectivity index (χ4v) is 2.51. The molecular weight excluding hydrogens is 338 g/mol. The number of nitrogen functional groups attached to an aromatic ring is 1. The number of nitro benzene ring substituents is 1. The molecule has 2 rings (SSSR count). The zero-order valence-corrected chi connectivity index (χ0v) is 12.7. The average molecular weight is 350 g/mol. The summed E-state index contributed by atoms with van der Waals surface area (Å²) in [7, 11) is 0. The molecule has 0 fully saturated rings. The molecule has 0 aliphatic carbocycles. The number of aryl methyl sites for hydroxylation is 1. The maximum Gasteiger partial charge on any atom is 0.282 e. The van der Waals surface area contributed by atoms with E-state index in [1.54, 1.807) is 12.1 Å². The van der Waals surface area contributed by atoms with Gasteiger partial charge in [0.2, 0.25) is 0 Å². The van der Waals surface area contributed by atoms with E-state index in [2.05, 4.69) is 21.2 Å². The first kappa shape index (κ1) is 15.0. The van der Waals surface area contributed by atoms with Gasteiger partial charge in [0.25, 0.3) is 11.6 Å². The molecule has 0 heterocycles. The Hall–Kier alpha value is -2.41. The van der Waals surface area contributed by atoms with Gasteiger partial charge in [-0.05, 0) is 42.8 Å². The van der Waals surface area contributed by atoms with Crippen molar-refractivity contribution in [2.75, 3.05) is 11.1 Å². The van der Waals surface area contributed by atoms with Crippen LogP contribution in [0.1, 0.15) is 15.9 Å². The van der Waals surface area contributed by atoms with E-state index in [4.69, 9.17) is 5.73 Å². The van der Waals surface area contributed by atoms with E-state index < -0.39 is 10.8 Å². The summed E-state index contributed by atoms with van der Waals surface area (Å²) in [4.78, 5) is 22.6. The van der Waals surface area contributed by atoms with Gasteiger partial charge in [0.1, 0.15) is 5.56 Å². The molecule has 108 valence electrons. The lowest BCUT2D eigenvalue weighted by atomic mass is 10.1. The topological polar surface area (TPSA) is 98.3 Å². The molecule has 0 saturated heterocycles. The van der Waals surface area contributed by atoms with Crippen molar-refractivity contribution < 1.29 is 9.72 Å². The zero-order chi connectivity index (χ0) is 15.6. The molecule has 3 N–H and O–H groups in total. The second kappa shape index (κ2) is 5.92. The number of carbonyl (C=O) groups is 1. The normalized spacial score (nSPS) is 10.2. The van der Waals surface area contributed by atoms with Crippen LogP contribution >= 0.6 is 15.9 Å². The van der Waals surface area contributed by atoms with Crippen molar-refractivity contribution in [3.05, 3.63) is 62.1 Å². The highest BCUT2D eigenvalue weighted by Crippen LogP contribution is 2.24. The summed E-state index contributed by atoms with van der Waals surface area (Å²) in [5.41, 5.74) is 7.02. The molecule has 21 heavy (non-hydrogen) atoms. The van der Waals surface area contributed by atoms with Crippen molar-refractivity contribution in [2.24, 2.45) is 0 Å². The molecule has 2 aromatic carbocycles. The van der Waals surface area contributed by atoms with Crippen LogP contribution in [-0.4, -0.2) is 10.8 Å². The van der Waals surface area contributed by atoms with Crippen LogP contribution in [0.5, 0.6) is 0 Å². The van der Waals surface area contributed by atoms with Crippen molar-refractivity contribution in [3.63, 3.8) is 0 Å².